The van der Waals surface area contributed by atoms with Crippen LogP contribution < -0.4 is 10.5 Å². The van der Waals surface area contributed by atoms with Gasteiger partial charge in [-0.2, -0.15) is 0 Å². The van der Waals surface area contributed by atoms with Crippen molar-refractivity contribution >= 4 is 0 Å². The van der Waals surface area contributed by atoms with Crippen LogP contribution in [0.25, 0.3) is 0 Å². The second-order valence-electron chi connectivity index (χ2n) is 6.21. The first-order valence-corrected chi connectivity index (χ1v) is 7.81. The van der Waals surface area contributed by atoms with Crippen LogP contribution in [0.15, 0.2) is 24.3 Å². The van der Waals surface area contributed by atoms with Gasteiger partial charge in [-0.3, -0.25) is 4.90 Å². The Labute approximate surface area is 123 Å². The smallest absolute Gasteiger partial charge is 0.120 e. The van der Waals surface area contributed by atoms with Crippen LogP contribution in [-0.4, -0.2) is 30.6 Å². The maximum absolute atomic E-state index is 6.04. The first kappa shape index (κ1) is 15.3. The Morgan fingerprint density at radius 3 is 2.60 bits per heavy atom. The number of nitrogens with zero attached hydrogens (tertiary/aromatic N) is 1. The molecule has 1 aromatic carbocycles. The highest BCUT2D eigenvalue weighted by Crippen LogP contribution is 2.28. The number of piperidine rings is 1. The van der Waals surface area contributed by atoms with Gasteiger partial charge in [-0.1, -0.05) is 19.1 Å². The van der Waals surface area contributed by atoms with Gasteiger partial charge in [-0.05, 0) is 63.4 Å². The van der Waals surface area contributed by atoms with Crippen molar-refractivity contribution < 1.29 is 4.74 Å². The zero-order chi connectivity index (χ0) is 14.5. The minimum atomic E-state index is 0.206. The molecule has 0 bridgehead atoms. The van der Waals surface area contributed by atoms with Gasteiger partial charge in [-0.15, -0.1) is 0 Å². The fourth-order valence-electron chi connectivity index (χ4n) is 2.90. The second kappa shape index (κ2) is 7.09. The molecule has 3 nitrogen and oxygen atoms in total. The highest BCUT2D eigenvalue weighted by atomic mass is 16.5. The molecule has 2 N–H and O–H groups in total. The van der Waals surface area contributed by atoms with E-state index in [4.69, 9.17) is 10.5 Å². The molecule has 1 unspecified atom stereocenters. The van der Waals surface area contributed by atoms with Crippen molar-refractivity contribution in [2.45, 2.75) is 45.8 Å². The molecular weight excluding hydrogens is 248 g/mol. The van der Waals surface area contributed by atoms with Crippen molar-refractivity contribution in [3.63, 3.8) is 0 Å². The van der Waals surface area contributed by atoms with Crippen LogP contribution in [0.4, 0.5) is 0 Å². The average molecular weight is 276 g/mol. The van der Waals surface area contributed by atoms with Crippen LogP contribution in [0.3, 0.4) is 0 Å². The molecule has 20 heavy (non-hydrogen) atoms. The molecular formula is C17H28N2O. The Kier molecular flexibility index (Phi) is 5.44. The molecule has 0 aliphatic carbocycles. The number of benzene rings is 1. The molecule has 0 aromatic heterocycles. The van der Waals surface area contributed by atoms with E-state index in [-0.39, 0.29) is 6.10 Å². The Balaban J connectivity index is 2.10. The van der Waals surface area contributed by atoms with Crippen molar-refractivity contribution in [3.05, 3.63) is 29.8 Å². The Hall–Kier alpha value is -1.06. The van der Waals surface area contributed by atoms with E-state index < -0.39 is 0 Å². The third-order valence-corrected chi connectivity index (χ3v) is 4.10. The van der Waals surface area contributed by atoms with E-state index in [0.29, 0.717) is 12.6 Å². The summed E-state index contributed by atoms with van der Waals surface area (Å²) >= 11 is 0. The quantitative estimate of drug-likeness (QED) is 0.897. The fraction of sp³-hybridized carbons (Fsp3) is 0.647. The van der Waals surface area contributed by atoms with Gasteiger partial charge in [0.1, 0.15) is 5.75 Å². The van der Waals surface area contributed by atoms with E-state index in [2.05, 4.69) is 43.9 Å². The van der Waals surface area contributed by atoms with Gasteiger partial charge in [0, 0.05) is 12.6 Å². The Bertz CT molecular complexity index is 411. The summed E-state index contributed by atoms with van der Waals surface area (Å²) in [6.45, 7) is 9.42. The van der Waals surface area contributed by atoms with Gasteiger partial charge in [0.2, 0.25) is 0 Å². The van der Waals surface area contributed by atoms with Crippen molar-refractivity contribution in [1.82, 2.24) is 4.90 Å². The minimum absolute atomic E-state index is 0.206. The molecule has 0 spiro atoms. The lowest BCUT2D eigenvalue weighted by Crippen LogP contribution is -2.39. The summed E-state index contributed by atoms with van der Waals surface area (Å²) in [5.74, 6) is 1.79. The predicted octanol–water partition coefficient (Wildman–Crippen LogP) is 3.21. The lowest BCUT2D eigenvalue weighted by molar-refractivity contribution is 0.141. The summed E-state index contributed by atoms with van der Waals surface area (Å²) < 4.78 is 5.79. The van der Waals surface area contributed by atoms with Crippen molar-refractivity contribution in [3.8, 4) is 5.75 Å². The third-order valence-electron chi connectivity index (χ3n) is 4.10. The summed E-state index contributed by atoms with van der Waals surface area (Å²) in [6.07, 6.45) is 2.76. The van der Waals surface area contributed by atoms with Crippen molar-refractivity contribution in [2.75, 3.05) is 19.6 Å². The van der Waals surface area contributed by atoms with Crippen LogP contribution in [0.2, 0.25) is 0 Å². The van der Waals surface area contributed by atoms with Crippen molar-refractivity contribution in [1.29, 1.82) is 0 Å². The number of hydrogen-bond donors (Lipinski definition) is 1. The first-order chi connectivity index (χ1) is 9.60. The fourth-order valence-corrected chi connectivity index (χ4v) is 2.90. The molecule has 1 saturated heterocycles. The molecule has 2 rings (SSSR count). The molecule has 1 heterocycles. The van der Waals surface area contributed by atoms with E-state index in [1.807, 2.05) is 6.07 Å². The topological polar surface area (TPSA) is 38.5 Å². The summed E-state index contributed by atoms with van der Waals surface area (Å²) in [4.78, 5) is 2.52. The molecule has 0 radical (unpaired) electrons. The van der Waals surface area contributed by atoms with Gasteiger partial charge < -0.3 is 10.5 Å². The first-order valence-electron chi connectivity index (χ1n) is 7.81. The van der Waals surface area contributed by atoms with Crippen LogP contribution in [0, 0.1) is 5.92 Å². The number of nitrogens with two attached hydrogens (primary N) is 1. The van der Waals surface area contributed by atoms with Gasteiger partial charge in [0.25, 0.3) is 0 Å². The standard InChI is InChI=1S/C17H28N2O/c1-13(2)20-16-6-4-5-15(11-16)17(12-18)19-9-7-14(3)8-10-19/h4-6,11,13-14,17H,7-10,12,18H2,1-3H3. The highest BCUT2D eigenvalue weighted by molar-refractivity contribution is 5.31. The van der Waals surface area contributed by atoms with Crippen LogP contribution in [0.5, 0.6) is 5.75 Å². The lowest BCUT2D eigenvalue weighted by atomic mass is 9.95. The monoisotopic (exact) mass is 276 g/mol. The molecule has 0 saturated carbocycles. The Morgan fingerprint density at radius 1 is 1.30 bits per heavy atom. The number of ether oxygens (including phenoxy) is 1. The van der Waals surface area contributed by atoms with Gasteiger partial charge in [-0.25, -0.2) is 0 Å². The van der Waals surface area contributed by atoms with Crippen LogP contribution >= 0.6 is 0 Å². The summed E-state index contributed by atoms with van der Waals surface area (Å²) in [5, 5.41) is 0. The predicted molar refractivity (Wildman–Crippen MR) is 84.0 cm³/mol. The minimum Gasteiger partial charge on any atom is -0.491 e. The van der Waals surface area contributed by atoms with Crippen molar-refractivity contribution in [2.24, 2.45) is 11.7 Å². The molecule has 1 atom stereocenters. The number of rotatable bonds is 5. The molecule has 1 aliphatic heterocycles. The SMILES string of the molecule is CC1CCN(C(CN)c2cccc(OC(C)C)c2)CC1. The zero-order valence-corrected chi connectivity index (χ0v) is 13.0. The van der Waals surface area contributed by atoms with Crippen LogP contribution in [-0.2, 0) is 0 Å². The van der Waals surface area contributed by atoms with E-state index >= 15 is 0 Å². The molecule has 1 aromatic rings. The third kappa shape index (κ3) is 3.97. The molecule has 3 heteroatoms. The van der Waals surface area contributed by atoms with Gasteiger partial charge in [0.05, 0.1) is 6.10 Å². The van der Waals surface area contributed by atoms with E-state index in [9.17, 15) is 0 Å². The largest absolute Gasteiger partial charge is 0.491 e. The molecule has 0 amide bonds. The molecule has 1 fully saturated rings. The summed E-state index contributed by atoms with van der Waals surface area (Å²) in [7, 11) is 0. The second-order valence-corrected chi connectivity index (χ2v) is 6.21. The van der Waals surface area contributed by atoms with E-state index in [1.54, 1.807) is 0 Å². The highest BCUT2D eigenvalue weighted by Gasteiger charge is 2.23. The maximum atomic E-state index is 6.04. The number of hydrogen-bond acceptors (Lipinski definition) is 3. The Morgan fingerprint density at radius 2 is 2.00 bits per heavy atom. The average Bonchev–Trinajstić information content (AvgIpc) is 2.41. The van der Waals surface area contributed by atoms with Crippen LogP contribution in [0.1, 0.15) is 45.2 Å². The lowest BCUT2D eigenvalue weighted by Gasteiger charge is -2.36. The van der Waals surface area contributed by atoms with E-state index in [1.165, 1.54) is 18.4 Å². The maximum Gasteiger partial charge on any atom is 0.120 e. The van der Waals surface area contributed by atoms with Gasteiger partial charge >= 0.3 is 0 Å². The van der Waals surface area contributed by atoms with E-state index in [0.717, 1.165) is 24.8 Å². The molecule has 112 valence electrons. The number of likely N-dealkylation sites (tertiary alicyclic amines) is 1. The van der Waals surface area contributed by atoms with Gasteiger partial charge in [0.15, 0.2) is 0 Å². The summed E-state index contributed by atoms with van der Waals surface area (Å²) in [6, 6.07) is 8.73. The zero-order valence-electron chi connectivity index (χ0n) is 13.0. The molecule has 1 aliphatic rings. The normalized spacial score (nSPS) is 19.2. The summed E-state index contributed by atoms with van der Waals surface area (Å²) in [5.41, 5.74) is 7.32.